The molecule has 2 rings (SSSR count). The zero-order valence-corrected chi connectivity index (χ0v) is 12.6. The van der Waals surface area contributed by atoms with Crippen LogP contribution in [0.25, 0.3) is 0 Å². The summed E-state index contributed by atoms with van der Waals surface area (Å²) in [5, 5.41) is 10.9. The van der Waals surface area contributed by atoms with Gasteiger partial charge in [-0.15, -0.1) is 11.3 Å². The maximum Gasteiger partial charge on any atom is 0.304 e. The molecule has 1 aromatic rings. The highest BCUT2D eigenvalue weighted by atomic mass is 32.1. The first-order chi connectivity index (χ1) is 9.66. The maximum atomic E-state index is 10.7. The highest BCUT2D eigenvalue weighted by molar-refractivity contribution is 7.10. The lowest BCUT2D eigenvalue weighted by Crippen LogP contribution is -2.43. The summed E-state index contributed by atoms with van der Waals surface area (Å²) in [5.41, 5.74) is 0. The number of carboxylic acids is 1. The van der Waals surface area contributed by atoms with E-state index in [1.54, 1.807) is 11.3 Å². The second-order valence-corrected chi connectivity index (χ2v) is 6.06. The number of thiophene rings is 1. The molecule has 1 aliphatic rings. The monoisotopic (exact) mass is 298 g/mol. The van der Waals surface area contributed by atoms with Crippen LogP contribution in [0.4, 0.5) is 0 Å². The highest BCUT2D eigenvalue weighted by Crippen LogP contribution is 2.26. The van der Waals surface area contributed by atoms with E-state index in [2.05, 4.69) is 27.3 Å². The summed E-state index contributed by atoms with van der Waals surface area (Å²) >= 11 is 1.77. The van der Waals surface area contributed by atoms with Gasteiger partial charge >= 0.3 is 5.97 Å². The fourth-order valence-electron chi connectivity index (χ4n) is 2.43. The Hall–Kier alpha value is -0.950. The molecule has 0 aliphatic carbocycles. The van der Waals surface area contributed by atoms with Gasteiger partial charge in [0.1, 0.15) is 0 Å². The van der Waals surface area contributed by atoms with Crippen LogP contribution in [-0.2, 0) is 9.53 Å². The van der Waals surface area contributed by atoms with Gasteiger partial charge in [-0.3, -0.25) is 9.69 Å². The van der Waals surface area contributed by atoms with Gasteiger partial charge in [0, 0.05) is 31.1 Å². The van der Waals surface area contributed by atoms with E-state index in [9.17, 15) is 4.79 Å². The number of nitrogens with zero attached hydrogens (tertiary/aromatic N) is 2. The van der Waals surface area contributed by atoms with Crippen LogP contribution >= 0.6 is 11.3 Å². The third-order valence-corrected chi connectivity index (χ3v) is 4.52. The molecule has 0 aromatic carbocycles. The fraction of sp³-hybridized carbons (Fsp3) is 0.643. The molecular formula is C14H22N2O3S. The van der Waals surface area contributed by atoms with Crippen LogP contribution < -0.4 is 0 Å². The van der Waals surface area contributed by atoms with Crippen LogP contribution in [0.1, 0.15) is 17.3 Å². The molecule has 20 heavy (non-hydrogen) atoms. The molecule has 0 saturated carbocycles. The summed E-state index contributed by atoms with van der Waals surface area (Å²) in [5.74, 6) is -0.740. The minimum Gasteiger partial charge on any atom is -0.481 e. The van der Waals surface area contributed by atoms with Crippen molar-refractivity contribution in [2.24, 2.45) is 0 Å². The normalized spacial score (nSPS) is 18.3. The van der Waals surface area contributed by atoms with Crippen LogP contribution in [0.5, 0.6) is 0 Å². The Morgan fingerprint density at radius 1 is 1.55 bits per heavy atom. The lowest BCUT2D eigenvalue weighted by molar-refractivity contribution is -0.137. The molecule has 1 aliphatic heterocycles. The number of rotatable bonds is 7. The summed E-state index contributed by atoms with van der Waals surface area (Å²) in [6, 6.07) is 4.57. The van der Waals surface area contributed by atoms with Crippen molar-refractivity contribution < 1.29 is 14.6 Å². The largest absolute Gasteiger partial charge is 0.481 e. The number of morpholine rings is 1. The second kappa shape index (κ2) is 7.73. The quantitative estimate of drug-likeness (QED) is 0.827. The number of likely N-dealkylation sites (N-methyl/N-ethyl adjacent to an activating group) is 1. The van der Waals surface area contributed by atoms with Crippen molar-refractivity contribution in [2.75, 3.05) is 46.4 Å². The Bertz CT molecular complexity index is 405. The lowest BCUT2D eigenvalue weighted by Gasteiger charge is -2.36. The second-order valence-electron chi connectivity index (χ2n) is 5.09. The molecule has 6 heteroatoms. The van der Waals surface area contributed by atoms with Crippen LogP contribution in [0.2, 0.25) is 0 Å². The molecule has 2 heterocycles. The average molecular weight is 298 g/mol. The molecular weight excluding hydrogens is 276 g/mol. The first-order valence-corrected chi connectivity index (χ1v) is 7.80. The van der Waals surface area contributed by atoms with Crippen molar-refractivity contribution in [1.82, 2.24) is 9.80 Å². The molecule has 1 atom stereocenters. The van der Waals surface area contributed by atoms with Gasteiger partial charge in [-0.2, -0.15) is 0 Å². The molecule has 0 amide bonds. The van der Waals surface area contributed by atoms with Gasteiger partial charge in [0.05, 0.1) is 25.7 Å². The van der Waals surface area contributed by atoms with Crippen molar-refractivity contribution >= 4 is 17.3 Å². The predicted octanol–water partition coefficient (Wildman–Crippen LogP) is 1.53. The number of carbonyl (C=O) groups is 1. The Morgan fingerprint density at radius 3 is 2.90 bits per heavy atom. The van der Waals surface area contributed by atoms with E-state index in [0.717, 1.165) is 32.8 Å². The first kappa shape index (κ1) is 15.4. The number of hydrogen-bond donors (Lipinski definition) is 1. The standard InChI is InChI=1S/C14H22N2O3S/c1-15(5-4-14(17)18)11-12(13-3-2-10-20-13)16-6-8-19-9-7-16/h2-3,10,12H,4-9,11H2,1H3,(H,17,18). The van der Waals surface area contributed by atoms with Crippen LogP contribution in [0.3, 0.4) is 0 Å². The predicted molar refractivity (Wildman–Crippen MR) is 79.2 cm³/mol. The van der Waals surface area contributed by atoms with Gasteiger partial charge in [0.2, 0.25) is 0 Å². The summed E-state index contributed by atoms with van der Waals surface area (Å²) in [6.07, 6.45) is 0.191. The summed E-state index contributed by atoms with van der Waals surface area (Å²) in [7, 11) is 1.99. The molecule has 1 fully saturated rings. The molecule has 1 aromatic heterocycles. The Balaban J connectivity index is 1.97. The first-order valence-electron chi connectivity index (χ1n) is 6.92. The van der Waals surface area contributed by atoms with Crippen LogP contribution in [0.15, 0.2) is 17.5 Å². The molecule has 1 unspecified atom stereocenters. The van der Waals surface area contributed by atoms with Crippen molar-refractivity contribution in [3.05, 3.63) is 22.4 Å². The van der Waals surface area contributed by atoms with Gasteiger partial charge in [-0.1, -0.05) is 6.07 Å². The van der Waals surface area contributed by atoms with Crippen molar-refractivity contribution in [3.8, 4) is 0 Å². The van der Waals surface area contributed by atoms with E-state index in [1.165, 1.54) is 4.88 Å². The third-order valence-electron chi connectivity index (χ3n) is 3.55. The lowest BCUT2D eigenvalue weighted by atomic mass is 10.1. The minimum absolute atomic E-state index is 0.191. The van der Waals surface area contributed by atoms with Gasteiger partial charge in [-0.25, -0.2) is 0 Å². The van der Waals surface area contributed by atoms with E-state index in [0.29, 0.717) is 12.6 Å². The van der Waals surface area contributed by atoms with E-state index in [1.807, 2.05) is 7.05 Å². The minimum atomic E-state index is -0.740. The van der Waals surface area contributed by atoms with E-state index in [-0.39, 0.29) is 6.42 Å². The van der Waals surface area contributed by atoms with E-state index >= 15 is 0 Å². The topological polar surface area (TPSA) is 53.0 Å². The SMILES string of the molecule is CN(CCC(=O)O)CC(c1cccs1)N1CCOCC1. The average Bonchev–Trinajstić information content (AvgIpc) is 2.97. The Morgan fingerprint density at radius 2 is 2.30 bits per heavy atom. The molecule has 1 saturated heterocycles. The summed E-state index contributed by atoms with van der Waals surface area (Å²) < 4.78 is 5.42. The van der Waals surface area contributed by atoms with Gasteiger partial charge < -0.3 is 14.7 Å². The molecule has 0 radical (unpaired) electrons. The molecule has 112 valence electrons. The molecule has 0 spiro atoms. The third kappa shape index (κ3) is 4.56. The molecule has 5 nitrogen and oxygen atoms in total. The van der Waals surface area contributed by atoms with E-state index < -0.39 is 5.97 Å². The van der Waals surface area contributed by atoms with Crippen LogP contribution in [-0.4, -0.2) is 67.3 Å². The summed E-state index contributed by atoms with van der Waals surface area (Å²) in [4.78, 5) is 16.6. The van der Waals surface area contributed by atoms with Crippen LogP contribution in [0, 0.1) is 0 Å². The smallest absolute Gasteiger partial charge is 0.304 e. The fourth-order valence-corrected chi connectivity index (χ4v) is 3.28. The zero-order valence-electron chi connectivity index (χ0n) is 11.8. The Labute approximate surface area is 123 Å². The van der Waals surface area contributed by atoms with Crippen molar-refractivity contribution in [1.29, 1.82) is 0 Å². The number of hydrogen-bond acceptors (Lipinski definition) is 5. The van der Waals surface area contributed by atoms with Gasteiger partial charge in [0.25, 0.3) is 0 Å². The van der Waals surface area contributed by atoms with Gasteiger partial charge in [-0.05, 0) is 18.5 Å². The Kier molecular flexibility index (Phi) is 5.97. The highest BCUT2D eigenvalue weighted by Gasteiger charge is 2.24. The van der Waals surface area contributed by atoms with Crippen molar-refractivity contribution in [3.63, 3.8) is 0 Å². The zero-order chi connectivity index (χ0) is 14.4. The number of carboxylic acid groups (broad SMARTS) is 1. The number of ether oxygens (including phenoxy) is 1. The van der Waals surface area contributed by atoms with E-state index in [4.69, 9.17) is 9.84 Å². The number of aliphatic carboxylic acids is 1. The van der Waals surface area contributed by atoms with Gasteiger partial charge in [0.15, 0.2) is 0 Å². The molecule has 1 N–H and O–H groups in total. The maximum absolute atomic E-state index is 10.7. The summed E-state index contributed by atoms with van der Waals surface area (Å²) in [6.45, 7) is 4.88. The van der Waals surface area contributed by atoms with Crippen molar-refractivity contribution in [2.45, 2.75) is 12.5 Å². The molecule has 0 bridgehead atoms.